The van der Waals surface area contributed by atoms with Crippen LogP contribution in [0.25, 0.3) is 0 Å². The molecule has 2 aromatic rings. The van der Waals surface area contributed by atoms with E-state index < -0.39 is 21.8 Å². The highest BCUT2D eigenvalue weighted by molar-refractivity contribution is 7.89. The van der Waals surface area contributed by atoms with Crippen molar-refractivity contribution in [2.45, 2.75) is 35.7 Å². The van der Waals surface area contributed by atoms with Crippen molar-refractivity contribution in [3.63, 3.8) is 0 Å². The Labute approximate surface area is 168 Å². The van der Waals surface area contributed by atoms with E-state index in [1.54, 1.807) is 12.1 Å². The van der Waals surface area contributed by atoms with E-state index in [2.05, 4.69) is 0 Å². The number of alkyl halides is 3. The van der Waals surface area contributed by atoms with Crippen LogP contribution < -0.4 is 0 Å². The highest BCUT2D eigenvalue weighted by Gasteiger charge is 2.32. The molecule has 0 aromatic heterocycles. The highest BCUT2D eigenvalue weighted by atomic mass is 32.2. The molecule has 8 heteroatoms. The van der Waals surface area contributed by atoms with Crippen LogP contribution >= 0.6 is 0 Å². The molecule has 0 unspecified atom stereocenters. The van der Waals surface area contributed by atoms with Crippen LogP contribution in [0.4, 0.5) is 13.2 Å². The minimum Gasteiger partial charge on any atom is -0.380 e. The van der Waals surface area contributed by atoms with Crippen molar-refractivity contribution in [1.29, 1.82) is 0 Å². The van der Waals surface area contributed by atoms with Gasteiger partial charge in [0.05, 0.1) is 23.7 Å². The van der Waals surface area contributed by atoms with Crippen molar-refractivity contribution in [3.05, 3.63) is 65.2 Å². The van der Waals surface area contributed by atoms with E-state index in [-0.39, 0.29) is 10.8 Å². The number of hydrogen-bond acceptors (Lipinski definition) is 3. The molecule has 29 heavy (non-hydrogen) atoms. The normalized spacial score (nSPS) is 19.8. The standard InChI is InChI=1S/C21H22F3NO3S/c22-21(23,24)19-5-1-15(2-6-19)17-9-11-25(12-10-17)29(26,27)20-7-3-16(4-8-20)18-13-28-14-18/h1-8,17-18H,9-14H2. The maximum Gasteiger partial charge on any atom is 0.416 e. The summed E-state index contributed by atoms with van der Waals surface area (Å²) in [7, 11) is -3.57. The first-order chi connectivity index (χ1) is 13.7. The number of halogens is 3. The average Bonchev–Trinajstić information content (AvgIpc) is 2.67. The Morgan fingerprint density at radius 2 is 1.34 bits per heavy atom. The molecule has 2 saturated heterocycles. The Morgan fingerprint density at radius 1 is 0.828 bits per heavy atom. The molecule has 0 aliphatic carbocycles. The number of benzene rings is 2. The van der Waals surface area contributed by atoms with Gasteiger partial charge < -0.3 is 4.74 Å². The molecule has 2 fully saturated rings. The van der Waals surface area contributed by atoms with Gasteiger partial charge in [-0.3, -0.25) is 0 Å². The lowest BCUT2D eigenvalue weighted by Gasteiger charge is -2.32. The first-order valence-electron chi connectivity index (χ1n) is 9.60. The van der Waals surface area contributed by atoms with Crippen LogP contribution in [-0.4, -0.2) is 39.0 Å². The van der Waals surface area contributed by atoms with Gasteiger partial charge in [0.15, 0.2) is 0 Å². The van der Waals surface area contributed by atoms with E-state index in [9.17, 15) is 21.6 Å². The molecule has 0 atom stereocenters. The van der Waals surface area contributed by atoms with Crippen LogP contribution in [-0.2, 0) is 20.9 Å². The number of piperidine rings is 1. The highest BCUT2D eigenvalue weighted by Crippen LogP contribution is 2.34. The van der Waals surface area contributed by atoms with Gasteiger partial charge in [-0.15, -0.1) is 0 Å². The van der Waals surface area contributed by atoms with E-state index in [1.807, 2.05) is 12.1 Å². The summed E-state index contributed by atoms with van der Waals surface area (Å²) >= 11 is 0. The van der Waals surface area contributed by atoms with Crippen molar-refractivity contribution < 1.29 is 26.3 Å². The van der Waals surface area contributed by atoms with Gasteiger partial charge in [0.25, 0.3) is 0 Å². The first-order valence-corrected chi connectivity index (χ1v) is 11.0. The second-order valence-corrected chi connectivity index (χ2v) is 9.54. The van der Waals surface area contributed by atoms with Gasteiger partial charge in [0, 0.05) is 19.0 Å². The number of rotatable bonds is 4. The Hall–Kier alpha value is -1.90. The van der Waals surface area contributed by atoms with Gasteiger partial charge in [-0.05, 0) is 54.2 Å². The fourth-order valence-corrected chi connectivity index (χ4v) is 5.33. The smallest absolute Gasteiger partial charge is 0.380 e. The van der Waals surface area contributed by atoms with Gasteiger partial charge in [0.2, 0.25) is 10.0 Å². The molecule has 2 heterocycles. The predicted molar refractivity (Wildman–Crippen MR) is 102 cm³/mol. The van der Waals surface area contributed by atoms with E-state index in [0.717, 1.165) is 23.3 Å². The summed E-state index contributed by atoms with van der Waals surface area (Å²) in [5.41, 5.74) is 1.23. The molecule has 2 aliphatic heterocycles. The summed E-state index contributed by atoms with van der Waals surface area (Å²) in [6.07, 6.45) is -3.18. The van der Waals surface area contributed by atoms with Gasteiger partial charge in [-0.1, -0.05) is 24.3 Å². The molecule has 4 rings (SSSR count). The monoisotopic (exact) mass is 425 g/mol. The van der Waals surface area contributed by atoms with Gasteiger partial charge in [-0.25, -0.2) is 8.42 Å². The summed E-state index contributed by atoms with van der Waals surface area (Å²) in [4.78, 5) is 0.273. The Balaban J connectivity index is 1.40. The third-order valence-electron chi connectivity index (χ3n) is 5.79. The van der Waals surface area contributed by atoms with Crippen molar-refractivity contribution in [2.24, 2.45) is 0 Å². The van der Waals surface area contributed by atoms with E-state index in [4.69, 9.17) is 4.74 Å². The molecular weight excluding hydrogens is 403 g/mol. The van der Waals surface area contributed by atoms with Gasteiger partial charge in [0.1, 0.15) is 0 Å². The molecule has 0 bridgehead atoms. The lowest BCUT2D eigenvalue weighted by Crippen LogP contribution is -2.37. The fourth-order valence-electron chi connectivity index (χ4n) is 3.86. The number of ether oxygens (including phenoxy) is 1. The van der Waals surface area contributed by atoms with Crippen molar-refractivity contribution in [1.82, 2.24) is 4.31 Å². The van der Waals surface area contributed by atoms with Crippen LogP contribution in [0, 0.1) is 0 Å². The van der Waals surface area contributed by atoms with Crippen LogP contribution in [0.15, 0.2) is 53.4 Å². The summed E-state index contributed by atoms with van der Waals surface area (Å²) in [5.74, 6) is 0.399. The number of hydrogen-bond donors (Lipinski definition) is 0. The van der Waals surface area contributed by atoms with Crippen molar-refractivity contribution >= 4 is 10.0 Å². The maximum absolute atomic E-state index is 12.9. The lowest BCUT2D eigenvalue weighted by molar-refractivity contribution is -0.137. The number of nitrogens with zero attached hydrogens (tertiary/aromatic N) is 1. The zero-order valence-corrected chi connectivity index (χ0v) is 16.5. The molecule has 2 aliphatic rings. The molecule has 4 nitrogen and oxygen atoms in total. The van der Waals surface area contributed by atoms with E-state index in [1.165, 1.54) is 16.4 Å². The quantitative estimate of drug-likeness (QED) is 0.730. The molecule has 0 N–H and O–H groups in total. The third-order valence-corrected chi connectivity index (χ3v) is 7.70. The molecule has 0 saturated carbocycles. The van der Waals surface area contributed by atoms with Gasteiger partial charge >= 0.3 is 6.18 Å². The predicted octanol–water partition coefficient (Wildman–Crippen LogP) is 4.39. The number of sulfonamides is 1. The van der Waals surface area contributed by atoms with Crippen molar-refractivity contribution in [3.8, 4) is 0 Å². The van der Waals surface area contributed by atoms with Gasteiger partial charge in [-0.2, -0.15) is 17.5 Å². The zero-order valence-electron chi connectivity index (χ0n) is 15.7. The molecule has 0 spiro atoms. The van der Waals surface area contributed by atoms with Crippen LogP contribution in [0.2, 0.25) is 0 Å². The molecule has 0 radical (unpaired) electrons. The minimum atomic E-state index is -4.35. The molecular formula is C21H22F3NO3S. The largest absolute Gasteiger partial charge is 0.416 e. The topological polar surface area (TPSA) is 46.6 Å². The third kappa shape index (κ3) is 4.20. The summed E-state index contributed by atoms with van der Waals surface area (Å²) in [6, 6.07) is 12.2. The molecule has 2 aromatic carbocycles. The van der Waals surface area contributed by atoms with Crippen LogP contribution in [0.5, 0.6) is 0 Å². The maximum atomic E-state index is 12.9. The Morgan fingerprint density at radius 3 is 1.83 bits per heavy atom. The van der Waals surface area contributed by atoms with Crippen LogP contribution in [0.1, 0.15) is 41.4 Å². The zero-order chi connectivity index (χ0) is 20.6. The SMILES string of the molecule is O=S(=O)(c1ccc(C2COC2)cc1)N1CCC(c2ccc(C(F)(F)F)cc2)CC1. The Bertz CT molecular complexity index is 944. The second kappa shape index (κ2) is 7.74. The van der Waals surface area contributed by atoms with E-state index in [0.29, 0.717) is 45.1 Å². The van der Waals surface area contributed by atoms with E-state index >= 15 is 0 Å². The van der Waals surface area contributed by atoms with Crippen molar-refractivity contribution in [2.75, 3.05) is 26.3 Å². The molecule has 156 valence electrons. The minimum absolute atomic E-state index is 0.0599. The summed E-state index contributed by atoms with van der Waals surface area (Å²) < 4.78 is 70.6. The average molecular weight is 425 g/mol. The van der Waals surface area contributed by atoms with Crippen LogP contribution in [0.3, 0.4) is 0 Å². The second-order valence-electron chi connectivity index (χ2n) is 7.60. The first kappa shape index (κ1) is 20.4. The fraction of sp³-hybridized carbons (Fsp3) is 0.429. The molecule has 0 amide bonds. The lowest BCUT2D eigenvalue weighted by atomic mass is 9.90. The Kier molecular flexibility index (Phi) is 5.44. The summed E-state index contributed by atoms with van der Waals surface area (Å²) in [5, 5.41) is 0. The summed E-state index contributed by atoms with van der Waals surface area (Å²) in [6.45, 7) is 2.05.